The van der Waals surface area contributed by atoms with Crippen molar-refractivity contribution in [3.63, 3.8) is 0 Å². The first-order chi connectivity index (χ1) is 14.6. The maximum absolute atomic E-state index is 13.0. The van der Waals surface area contributed by atoms with Crippen LogP contribution in [-0.2, 0) is 6.42 Å². The molecule has 3 aromatic rings. The van der Waals surface area contributed by atoms with Crippen molar-refractivity contribution in [1.29, 1.82) is 0 Å². The quantitative estimate of drug-likeness (QED) is 0.643. The number of aryl methyl sites for hydroxylation is 2. The minimum Gasteiger partial charge on any atom is -0.493 e. The molecule has 0 unspecified atom stereocenters. The largest absolute Gasteiger partial charge is 0.493 e. The highest BCUT2D eigenvalue weighted by Crippen LogP contribution is 2.35. The molecule has 0 radical (unpaired) electrons. The molecule has 2 aromatic heterocycles. The molecule has 3 heterocycles. The van der Waals surface area contributed by atoms with Gasteiger partial charge in [0.1, 0.15) is 0 Å². The summed E-state index contributed by atoms with van der Waals surface area (Å²) in [5.41, 5.74) is 4.41. The molecule has 0 bridgehead atoms. The molecule has 0 N–H and O–H groups in total. The number of rotatable bonds is 5. The first-order valence-corrected chi connectivity index (χ1v) is 10.4. The number of likely N-dealkylation sites (tertiary alicyclic amines) is 1. The fraction of sp³-hybridized carbons (Fsp3) is 0.455. The maximum atomic E-state index is 13.0. The van der Waals surface area contributed by atoms with Gasteiger partial charge in [0.25, 0.3) is 5.91 Å². The van der Waals surface area contributed by atoms with Crippen molar-refractivity contribution in [2.75, 3.05) is 27.3 Å². The van der Waals surface area contributed by atoms with Crippen LogP contribution in [0.25, 0.3) is 16.8 Å². The Morgan fingerprint density at radius 2 is 1.80 bits per heavy atom. The number of hydrogen-bond acceptors (Lipinski definition) is 6. The normalized spacial score (nSPS) is 14.2. The Morgan fingerprint density at radius 3 is 2.47 bits per heavy atom. The molecule has 4 rings (SSSR count). The molecule has 8 heteroatoms. The topological polar surface area (TPSA) is 81.9 Å². The van der Waals surface area contributed by atoms with Crippen LogP contribution in [0.3, 0.4) is 0 Å². The lowest BCUT2D eigenvalue weighted by atomic mass is 10.0. The van der Waals surface area contributed by atoms with E-state index in [0.29, 0.717) is 28.5 Å². The summed E-state index contributed by atoms with van der Waals surface area (Å²) < 4.78 is 12.6. The van der Waals surface area contributed by atoms with E-state index in [2.05, 4.69) is 17.1 Å². The predicted octanol–water partition coefficient (Wildman–Crippen LogP) is 3.31. The van der Waals surface area contributed by atoms with E-state index >= 15 is 0 Å². The smallest absolute Gasteiger partial charge is 0.276 e. The summed E-state index contributed by atoms with van der Waals surface area (Å²) in [7, 11) is 3.22. The summed E-state index contributed by atoms with van der Waals surface area (Å²) in [4.78, 5) is 14.9. The third-order valence-electron chi connectivity index (χ3n) is 5.69. The van der Waals surface area contributed by atoms with Crippen LogP contribution in [-0.4, -0.2) is 57.9 Å². The molecule has 1 aliphatic heterocycles. The minimum absolute atomic E-state index is 0.0668. The van der Waals surface area contributed by atoms with Gasteiger partial charge in [0.15, 0.2) is 22.8 Å². The van der Waals surface area contributed by atoms with Crippen LogP contribution in [0.2, 0.25) is 0 Å². The summed E-state index contributed by atoms with van der Waals surface area (Å²) in [6.07, 6.45) is 3.96. The van der Waals surface area contributed by atoms with Crippen molar-refractivity contribution >= 4 is 11.6 Å². The van der Waals surface area contributed by atoms with Gasteiger partial charge < -0.3 is 14.4 Å². The van der Waals surface area contributed by atoms with Crippen LogP contribution >= 0.6 is 0 Å². The second kappa shape index (κ2) is 8.30. The monoisotopic (exact) mass is 409 g/mol. The molecule has 30 heavy (non-hydrogen) atoms. The average Bonchev–Trinajstić information content (AvgIpc) is 3.18. The Labute approximate surface area is 175 Å². The number of ether oxygens (including phenoxy) is 2. The number of carbonyl (C=O) groups excluding carboxylic acids is 1. The predicted molar refractivity (Wildman–Crippen MR) is 113 cm³/mol. The minimum atomic E-state index is -0.0668. The van der Waals surface area contributed by atoms with Crippen molar-refractivity contribution in [3.8, 4) is 22.6 Å². The van der Waals surface area contributed by atoms with Gasteiger partial charge >= 0.3 is 0 Å². The van der Waals surface area contributed by atoms with Gasteiger partial charge in [0.2, 0.25) is 0 Å². The van der Waals surface area contributed by atoms with Crippen LogP contribution in [0.5, 0.6) is 11.5 Å². The molecule has 158 valence electrons. The molecular weight excluding hydrogens is 382 g/mol. The lowest BCUT2D eigenvalue weighted by Crippen LogP contribution is -2.37. The zero-order chi connectivity index (χ0) is 21.3. The van der Waals surface area contributed by atoms with Gasteiger partial charge in [-0.05, 0) is 50.3 Å². The summed E-state index contributed by atoms with van der Waals surface area (Å²) in [6, 6.07) is 5.74. The summed E-state index contributed by atoms with van der Waals surface area (Å²) in [5, 5.41) is 13.5. The molecule has 0 aliphatic carbocycles. The third-order valence-corrected chi connectivity index (χ3v) is 5.69. The van der Waals surface area contributed by atoms with Gasteiger partial charge in [-0.2, -0.15) is 5.10 Å². The Balaban J connectivity index is 1.82. The van der Waals surface area contributed by atoms with Gasteiger partial charge in [-0.1, -0.05) is 13.0 Å². The second-order valence-corrected chi connectivity index (χ2v) is 7.47. The Kier molecular flexibility index (Phi) is 5.57. The highest BCUT2D eigenvalue weighted by molar-refractivity contribution is 5.94. The van der Waals surface area contributed by atoms with Crippen LogP contribution in [0, 0.1) is 6.92 Å². The highest BCUT2D eigenvalue weighted by Gasteiger charge is 2.25. The first kappa shape index (κ1) is 20.1. The zero-order valence-corrected chi connectivity index (χ0v) is 17.9. The molecular formula is C22H27N5O3. The van der Waals surface area contributed by atoms with Crippen molar-refractivity contribution < 1.29 is 14.3 Å². The molecule has 0 atom stereocenters. The Morgan fingerprint density at radius 1 is 1.07 bits per heavy atom. The van der Waals surface area contributed by atoms with Crippen molar-refractivity contribution in [2.24, 2.45) is 0 Å². The van der Waals surface area contributed by atoms with Gasteiger partial charge in [-0.3, -0.25) is 4.79 Å². The second-order valence-electron chi connectivity index (χ2n) is 7.47. The lowest BCUT2D eigenvalue weighted by molar-refractivity contribution is 0.0715. The zero-order valence-electron chi connectivity index (χ0n) is 17.9. The summed E-state index contributed by atoms with van der Waals surface area (Å²) in [6.45, 7) is 5.47. The fourth-order valence-electron chi connectivity index (χ4n) is 4.03. The number of aromatic nitrogens is 4. The van der Waals surface area contributed by atoms with Crippen molar-refractivity contribution in [3.05, 3.63) is 35.3 Å². The fourth-order valence-corrected chi connectivity index (χ4v) is 4.03. The van der Waals surface area contributed by atoms with E-state index in [1.54, 1.807) is 18.7 Å². The van der Waals surface area contributed by atoms with E-state index in [9.17, 15) is 4.79 Å². The Bertz CT molecular complexity index is 1090. The van der Waals surface area contributed by atoms with Crippen molar-refractivity contribution in [2.45, 2.75) is 39.5 Å². The molecule has 1 fully saturated rings. The number of fused-ring (bicyclic) bond motifs is 1. The van der Waals surface area contributed by atoms with E-state index in [0.717, 1.165) is 49.2 Å². The molecule has 1 aliphatic rings. The number of nitrogens with zero attached hydrogens (tertiary/aromatic N) is 5. The molecule has 1 aromatic carbocycles. The average molecular weight is 409 g/mol. The van der Waals surface area contributed by atoms with Crippen LogP contribution in [0.4, 0.5) is 0 Å². The lowest BCUT2D eigenvalue weighted by Gasteiger charge is -2.26. The number of piperidine rings is 1. The van der Waals surface area contributed by atoms with E-state index < -0.39 is 0 Å². The van der Waals surface area contributed by atoms with E-state index in [-0.39, 0.29) is 5.91 Å². The van der Waals surface area contributed by atoms with E-state index in [4.69, 9.17) is 14.6 Å². The summed E-state index contributed by atoms with van der Waals surface area (Å²) >= 11 is 0. The van der Waals surface area contributed by atoms with E-state index in [1.807, 2.05) is 30.0 Å². The van der Waals surface area contributed by atoms with Crippen molar-refractivity contribution in [1.82, 2.24) is 24.7 Å². The molecule has 0 saturated carbocycles. The van der Waals surface area contributed by atoms with Gasteiger partial charge in [-0.15, -0.1) is 10.2 Å². The third kappa shape index (κ3) is 3.36. The first-order valence-electron chi connectivity index (χ1n) is 10.4. The van der Waals surface area contributed by atoms with Crippen LogP contribution in [0.15, 0.2) is 18.2 Å². The van der Waals surface area contributed by atoms with Gasteiger partial charge in [-0.25, -0.2) is 4.52 Å². The molecule has 1 amide bonds. The number of hydrogen-bond donors (Lipinski definition) is 0. The molecule has 0 spiro atoms. The van der Waals surface area contributed by atoms with Gasteiger partial charge in [0.05, 0.1) is 31.2 Å². The maximum Gasteiger partial charge on any atom is 0.276 e. The molecule has 8 nitrogen and oxygen atoms in total. The van der Waals surface area contributed by atoms with Crippen LogP contribution in [0.1, 0.15) is 48.1 Å². The molecule has 1 saturated heterocycles. The number of methoxy groups -OCH3 is 2. The number of carbonyl (C=O) groups is 1. The summed E-state index contributed by atoms with van der Waals surface area (Å²) in [5.74, 6) is 1.23. The number of benzene rings is 1. The standard InChI is InChI=1S/C22H27N5O3/c1-5-16-19(15-9-10-17(29-3)18(13-15)30-4)21-24-23-20(14(2)27(21)25-16)22(28)26-11-7-6-8-12-26/h9-10,13H,5-8,11-12H2,1-4H3. The highest BCUT2D eigenvalue weighted by atomic mass is 16.5. The SMILES string of the molecule is CCc1nn2c(C)c(C(=O)N3CCCCC3)nnc2c1-c1ccc(OC)c(OC)c1. The number of amides is 1. The van der Waals surface area contributed by atoms with E-state index in [1.165, 1.54) is 6.42 Å². The van der Waals surface area contributed by atoms with Gasteiger partial charge in [0, 0.05) is 13.1 Å². The van der Waals surface area contributed by atoms with Crippen LogP contribution < -0.4 is 9.47 Å². The Hall–Kier alpha value is -3.16.